The first-order valence-electron chi connectivity index (χ1n) is 6.59. The van der Waals surface area contributed by atoms with Crippen LogP contribution in [0.2, 0.25) is 0 Å². The van der Waals surface area contributed by atoms with E-state index >= 15 is 0 Å². The van der Waals surface area contributed by atoms with Gasteiger partial charge in [0, 0.05) is 5.75 Å². The predicted molar refractivity (Wildman–Crippen MR) is 80.0 cm³/mol. The molecule has 1 aromatic carbocycles. The van der Waals surface area contributed by atoms with Gasteiger partial charge in [-0.25, -0.2) is 0 Å². The standard InChI is InChI=1S/C15H15N3O2S/c19-14(12-5-2-1-3-6-12)10-21-15-17-16-11-18(15)9-13-7-4-8-20-13/h1-8,11,14,19H,9-10H2. The van der Waals surface area contributed by atoms with Gasteiger partial charge in [0.2, 0.25) is 0 Å². The Kier molecular flexibility index (Phi) is 4.37. The Morgan fingerprint density at radius 1 is 1.19 bits per heavy atom. The smallest absolute Gasteiger partial charge is 0.191 e. The molecule has 1 atom stereocenters. The van der Waals surface area contributed by atoms with Crippen LogP contribution in [0.5, 0.6) is 0 Å². The maximum absolute atomic E-state index is 10.2. The summed E-state index contributed by atoms with van der Waals surface area (Å²) in [5, 5.41) is 18.9. The van der Waals surface area contributed by atoms with E-state index in [-0.39, 0.29) is 0 Å². The van der Waals surface area contributed by atoms with Crippen LogP contribution in [-0.4, -0.2) is 25.6 Å². The summed E-state index contributed by atoms with van der Waals surface area (Å²) in [6.45, 7) is 0.587. The van der Waals surface area contributed by atoms with Gasteiger partial charge in [-0.15, -0.1) is 10.2 Å². The van der Waals surface area contributed by atoms with Gasteiger partial charge in [-0.05, 0) is 17.7 Å². The van der Waals surface area contributed by atoms with Crippen molar-refractivity contribution in [2.24, 2.45) is 0 Å². The van der Waals surface area contributed by atoms with Crippen LogP contribution in [0, 0.1) is 0 Å². The second kappa shape index (κ2) is 6.60. The average Bonchev–Trinajstić information content (AvgIpc) is 3.18. The zero-order chi connectivity index (χ0) is 14.5. The Morgan fingerprint density at radius 3 is 2.81 bits per heavy atom. The van der Waals surface area contributed by atoms with Crippen molar-refractivity contribution in [3.63, 3.8) is 0 Å². The minimum absolute atomic E-state index is 0.523. The first-order chi connectivity index (χ1) is 10.3. The molecular weight excluding hydrogens is 286 g/mol. The number of furan rings is 1. The van der Waals surface area contributed by atoms with E-state index in [1.165, 1.54) is 11.8 Å². The minimum Gasteiger partial charge on any atom is -0.467 e. The lowest BCUT2D eigenvalue weighted by Crippen LogP contribution is -2.03. The molecule has 108 valence electrons. The molecule has 0 aliphatic carbocycles. The quantitative estimate of drug-likeness (QED) is 0.709. The number of aliphatic hydroxyl groups excluding tert-OH is 1. The first kappa shape index (κ1) is 13.9. The zero-order valence-electron chi connectivity index (χ0n) is 11.3. The predicted octanol–water partition coefficient (Wildman–Crippen LogP) is 2.75. The summed E-state index contributed by atoms with van der Waals surface area (Å²) >= 11 is 1.48. The van der Waals surface area contributed by atoms with Gasteiger partial charge in [0.1, 0.15) is 12.1 Å². The van der Waals surface area contributed by atoms with Gasteiger partial charge in [-0.3, -0.25) is 0 Å². The van der Waals surface area contributed by atoms with E-state index in [4.69, 9.17) is 4.42 Å². The largest absolute Gasteiger partial charge is 0.467 e. The number of aliphatic hydroxyl groups is 1. The number of hydrogen-bond acceptors (Lipinski definition) is 5. The Balaban J connectivity index is 1.62. The van der Waals surface area contributed by atoms with E-state index < -0.39 is 6.10 Å². The van der Waals surface area contributed by atoms with Gasteiger partial charge in [-0.2, -0.15) is 0 Å². The number of aromatic nitrogens is 3. The maximum atomic E-state index is 10.2. The third kappa shape index (κ3) is 3.53. The molecule has 0 fully saturated rings. The molecule has 0 bridgehead atoms. The van der Waals surface area contributed by atoms with Crippen LogP contribution < -0.4 is 0 Å². The Bertz CT molecular complexity index is 667. The first-order valence-corrected chi connectivity index (χ1v) is 7.57. The summed E-state index contributed by atoms with van der Waals surface area (Å²) in [6, 6.07) is 13.4. The van der Waals surface area contributed by atoms with E-state index in [2.05, 4.69) is 10.2 Å². The van der Waals surface area contributed by atoms with Crippen molar-refractivity contribution in [2.75, 3.05) is 5.75 Å². The van der Waals surface area contributed by atoms with Crippen LogP contribution in [0.1, 0.15) is 17.4 Å². The Labute approximate surface area is 126 Å². The highest BCUT2D eigenvalue weighted by Gasteiger charge is 2.12. The molecule has 3 rings (SSSR count). The van der Waals surface area contributed by atoms with Crippen LogP contribution in [0.25, 0.3) is 0 Å². The van der Waals surface area contributed by atoms with Gasteiger partial charge in [-0.1, -0.05) is 42.1 Å². The third-order valence-electron chi connectivity index (χ3n) is 3.04. The molecule has 0 aliphatic heterocycles. The molecule has 2 aromatic heterocycles. The summed E-state index contributed by atoms with van der Waals surface area (Å²) < 4.78 is 7.23. The minimum atomic E-state index is -0.523. The number of nitrogens with zero attached hydrogens (tertiary/aromatic N) is 3. The van der Waals surface area contributed by atoms with Crippen molar-refractivity contribution in [3.05, 3.63) is 66.4 Å². The van der Waals surface area contributed by atoms with Crippen molar-refractivity contribution >= 4 is 11.8 Å². The number of thioether (sulfide) groups is 1. The lowest BCUT2D eigenvalue weighted by molar-refractivity contribution is 0.204. The van der Waals surface area contributed by atoms with Crippen molar-refractivity contribution in [3.8, 4) is 0 Å². The summed E-state index contributed by atoms with van der Waals surface area (Å²) in [6.07, 6.45) is 2.79. The lowest BCUT2D eigenvalue weighted by atomic mass is 10.1. The fourth-order valence-electron chi connectivity index (χ4n) is 1.96. The van der Waals surface area contributed by atoms with E-state index in [1.54, 1.807) is 12.6 Å². The molecule has 2 heterocycles. The van der Waals surface area contributed by atoms with E-state index in [0.717, 1.165) is 16.5 Å². The molecule has 0 saturated carbocycles. The van der Waals surface area contributed by atoms with Crippen molar-refractivity contribution in [1.82, 2.24) is 14.8 Å². The highest BCUT2D eigenvalue weighted by molar-refractivity contribution is 7.99. The van der Waals surface area contributed by atoms with Gasteiger partial charge < -0.3 is 14.1 Å². The van der Waals surface area contributed by atoms with Gasteiger partial charge in [0.05, 0.1) is 18.9 Å². The van der Waals surface area contributed by atoms with Gasteiger partial charge >= 0.3 is 0 Å². The van der Waals surface area contributed by atoms with Crippen molar-refractivity contribution < 1.29 is 9.52 Å². The topological polar surface area (TPSA) is 64.1 Å². The van der Waals surface area contributed by atoms with Gasteiger partial charge in [0.15, 0.2) is 5.16 Å². The average molecular weight is 301 g/mol. The molecule has 3 aromatic rings. The SMILES string of the molecule is OC(CSc1nncn1Cc1ccco1)c1ccccc1. The molecule has 0 spiro atoms. The summed E-state index contributed by atoms with van der Waals surface area (Å²) in [4.78, 5) is 0. The highest BCUT2D eigenvalue weighted by atomic mass is 32.2. The maximum Gasteiger partial charge on any atom is 0.191 e. The molecule has 5 nitrogen and oxygen atoms in total. The monoisotopic (exact) mass is 301 g/mol. The van der Waals surface area contributed by atoms with Crippen LogP contribution >= 0.6 is 11.8 Å². The molecule has 21 heavy (non-hydrogen) atoms. The van der Waals surface area contributed by atoms with Crippen LogP contribution in [0.4, 0.5) is 0 Å². The normalized spacial score (nSPS) is 12.4. The summed E-state index contributed by atoms with van der Waals surface area (Å²) in [5.41, 5.74) is 0.905. The van der Waals surface area contributed by atoms with Crippen molar-refractivity contribution in [2.45, 2.75) is 17.8 Å². The number of rotatable bonds is 6. The summed E-state index contributed by atoms with van der Waals surface area (Å²) in [7, 11) is 0. The molecule has 0 saturated heterocycles. The molecule has 0 amide bonds. The fraction of sp³-hybridized carbons (Fsp3) is 0.200. The van der Waals surface area contributed by atoms with Crippen molar-refractivity contribution in [1.29, 1.82) is 0 Å². The molecule has 0 aliphatic rings. The lowest BCUT2D eigenvalue weighted by Gasteiger charge is -2.10. The molecular formula is C15H15N3O2S. The summed E-state index contributed by atoms with van der Waals surface area (Å²) in [5.74, 6) is 1.38. The fourth-order valence-corrected chi connectivity index (χ4v) is 2.84. The molecule has 0 radical (unpaired) electrons. The Morgan fingerprint density at radius 2 is 2.05 bits per heavy atom. The van der Waals surface area contributed by atoms with Crippen LogP contribution in [0.15, 0.2) is 64.6 Å². The molecule has 6 heteroatoms. The van der Waals surface area contributed by atoms with E-state index in [9.17, 15) is 5.11 Å². The Hall–Kier alpha value is -2.05. The van der Waals surface area contributed by atoms with E-state index in [1.807, 2.05) is 47.0 Å². The second-order valence-corrected chi connectivity index (χ2v) is 5.55. The second-order valence-electron chi connectivity index (χ2n) is 4.56. The zero-order valence-corrected chi connectivity index (χ0v) is 12.1. The van der Waals surface area contributed by atoms with Crippen LogP contribution in [-0.2, 0) is 6.54 Å². The number of benzene rings is 1. The number of hydrogen-bond donors (Lipinski definition) is 1. The highest BCUT2D eigenvalue weighted by Crippen LogP contribution is 2.23. The van der Waals surface area contributed by atoms with E-state index in [0.29, 0.717) is 12.3 Å². The molecule has 1 N–H and O–H groups in total. The third-order valence-corrected chi connectivity index (χ3v) is 4.10. The van der Waals surface area contributed by atoms with Crippen LogP contribution in [0.3, 0.4) is 0 Å². The van der Waals surface area contributed by atoms with Gasteiger partial charge in [0.25, 0.3) is 0 Å². The molecule has 1 unspecified atom stereocenters.